The highest BCUT2D eigenvalue weighted by atomic mass is 32.2. The number of hydrogen-bond donors (Lipinski definition) is 0. The van der Waals surface area contributed by atoms with Gasteiger partial charge in [0.05, 0.1) is 14.2 Å². The first kappa shape index (κ1) is 15.7. The van der Waals surface area contributed by atoms with E-state index in [1.54, 1.807) is 32.1 Å². The number of allylic oxidation sites excluding steroid dienone is 1. The van der Waals surface area contributed by atoms with Gasteiger partial charge in [-0.1, -0.05) is 30.3 Å². The van der Waals surface area contributed by atoms with Crippen molar-refractivity contribution in [2.24, 2.45) is 0 Å². The molecule has 0 amide bonds. The lowest BCUT2D eigenvalue weighted by Crippen LogP contribution is -2.08. The average Bonchev–Trinajstić information content (AvgIpc) is 2.61. The van der Waals surface area contributed by atoms with Crippen molar-refractivity contribution >= 4 is 22.5 Å². The molecule has 0 saturated heterocycles. The van der Waals surface area contributed by atoms with E-state index in [-0.39, 0.29) is 11.0 Å². The Hall–Kier alpha value is -2.20. The van der Waals surface area contributed by atoms with Gasteiger partial charge in [0.1, 0.15) is 0 Å². The van der Waals surface area contributed by atoms with Crippen LogP contribution in [0, 0.1) is 0 Å². The molecule has 1 aliphatic heterocycles. The highest BCUT2D eigenvalue weighted by Gasteiger charge is 2.24. The fourth-order valence-corrected chi connectivity index (χ4v) is 3.92. The third kappa shape index (κ3) is 3.42. The second-order valence-corrected chi connectivity index (χ2v) is 6.51. The van der Waals surface area contributed by atoms with Gasteiger partial charge in [-0.25, -0.2) is 0 Å². The molecule has 0 aromatic heterocycles. The van der Waals surface area contributed by atoms with Gasteiger partial charge in [-0.3, -0.25) is 4.79 Å². The van der Waals surface area contributed by atoms with Crippen molar-refractivity contribution in [1.29, 1.82) is 0 Å². The Labute approximate surface area is 140 Å². The first-order valence-electron chi connectivity index (χ1n) is 7.40. The zero-order chi connectivity index (χ0) is 16.2. The van der Waals surface area contributed by atoms with E-state index in [2.05, 4.69) is 12.1 Å². The number of thioether (sulfide) groups is 1. The predicted octanol–water partition coefficient (Wildman–Crippen LogP) is 4.49. The third-order valence-electron chi connectivity index (χ3n) is 3.79. The van der Waals surface area contributed by atoms with Crippen LogP contribution in [0.25, 0.3) is 4.91 Å². The Bertz CT molecular complexity index is 738. The lowest BCUT2D eigenvalue weighted by Gasteiger charge is -2.22. The fourth-order valence-electron chi connectivity index (χ4n) is 2.61. The smallest absolute Gasteiger partial charge is 0.161 e. The molecule has 3 nitrogen and oxygen atoms in total. The van der Waals surface area contributed by atoms with Crippen LogP contribution in [0.5, 0.6) is 11.5 Å². The van der Waals surface area contributed by atoms with Crippen LogP contribution < -0.4 is 9.47 Å². The molecule has 1 unspecified atom stereocenters. The van der Waals surface area contributed by atoms with Crippen molar-refractivity contribution < 1.29 is 14.3 Å². The summed E-state index contributed by atoms with van der Waals surface area (Å²) in [5, 5.41) is 0.150. The van der Waals surface area contributed by atoms with Gasteiger partial charge in [0, 0.05) is 16.6 Å². The molecule has 1 aliphatic rings. The van der Waals surface area contributed by atoms with Crippen LogP contribution in [0.3, 0.4) is 0 Å². The van der Waals surface area contributed by atoms with Crippen LogP contribution in [-0.4, -0.2) is 20.0 Å². The summed E-state index contributed by atoms with van der Waals surface area (Å²) in [4.78, 5) is 13.1. The number of carbonyl (C=O) groups is 1. The van der Waals surface area contributed by atoms with Crippen molar-refractivity contribution in [2.75, 3.05) is 14.2 Å². The number of carbonyl (C=O) groups excluding carboxylic acids is 1. The largest absolute Gasteiger partial charge is 0.493 e. The fraction of sp³-hybridized carbons (Fsp3) is 0.211. The Morgan fingerprint density at radius 1 is 1.00 bits per heavy atom. The molecule has 3 rings (SSSR count). The van der Waals surface area contributed by atoms with Gasteiger partial charge in [0.25, 0.3) is 0 Å². The number of ketones is 1. The Morgan fingerprint density at radius 3 is 2.43 bits per heavy atom. The maximum atomic E-state index is 12.2. The van der Waals surface area contributed by atoms with E-state index in [0.29, 0.717) is 17.9 Å². The van der Waals surface area contributed by atoms with Gasteiger partial charge in [0.15, 0.2) is 17.3 Å². The predicted molar refractivity (Wildman–Crippen MR) is 93.9 cm³/mol. The zero-order valence-corrected chi connectivity index (χ0v) is 13.9. The summed E-state index contributed by atoms with van der Waals surface area (Å²) < 4.78 is 10.6. The lowest BCUT2D eigenvalue weighted by atomic mass is 10.1. The van der Waals surface area contributed by atoms with Gasteiger partial charge in [-0.15, -0.1) is 11.8 Å². The molecule has 4 heteroatoms. The molecule has 1 atom stereocenters. The minimum Gasteiger partial charge on any atom is -0.493 e. The molecule has 2 aromatic carbocycles. The summed E-state index contributed by atoms with van der Waals surface area (Å²) >= 11 is 1.72. The van der Waals surface area contributed by atoms with Crippen molar-refractivity contribution in [3.8, 4) is 11.5 Å². The molecular weight excluding hydrogens is 308 g/mol. The summed E-state index contributed by atoms with van der Waals surface area (Å²) in [6.07, 6.45) is 2.26. The molecule has 23 heavy (non-hydrogen) atoms. The monoisotopic (exact) mass is 326 g/mol. The van der Waals surface area contributed by atoms with E-state index in [0.717, 1.165) is 10.5 Å². The van der Waals surface area contributed by atoms with Crippen LogP contribution in [0.1, 0.15) is 22.8 Å². The molecular formula is C19H18O3S. The van der Waals surface area contributed by atoms with Crippen LogP contribution in [0.15, 0.2) is 54.6 Å². The van der Waals surface area contributed by atoms with E-state index in [1.807, 2.05) is 36.4 Å². The number of hydrogen-bond acceptors (Lipinski definition) is 4. The van der Waals surface area contributed by atoms with Gasteiger partial charge in [0.2, 0.25) is 0 Å². The summed E-state index contributed by atoms with van der Waals surface area (Å²) in [5.74, 6) is 1.51. The molecule has 0 spiro atoms. The quantitative estimate of drug-likeness (QED) is 0.829. The van der Waals surface area contributed by atoms with E-state index >= 15 is 0 Å². The Kier molecular flexibility index (Phi) is 4.72. The van der Waals surface area contributed by atoms with Gasteiger partial charge in [-0.05, 0) is 35.4 Å². The van der Waals surface area contributed by atoms with Crippen molar-refractivity contribution in [1.82, 2.24) is 0 Å². The van der Waals surface area contributed by atoms with Crippen LogP contribution in [0.2, 0.25) is 0 Å². The maximum Gasteiger partial charge on any atom is 0.161 e. The van der Waals surface area contributed by atoms with Crippen LogP contribution in [-0.2, 0) is 4.79 Å². The number of methoxy groups -OCH3 is 2. The molecule has 0 radical (unpaired) electrons. The molecule has 0 fully saturated rings. The summed E-state index contributed by atoms with van der Waals surface area (Å²) in [7, 11) is 3.23. The third-order valence-corrected chi connectivity index (χ3v) is 5.12. The van der Waals surface area contributed by atoms with E-state index in [1.165, 1.54) is 5.56 Å². The van der Waals surface area contributed by atoms with Crippen LogP contribution in [0.4, 0.5) is 0 Å². The molecule has 0 N–H and O–H groups in total. The maximum absolute atomic E-state index is 12.2. The summed E-state index contributed by atoms with van der Waals surface area (Å²) in [5.41, 5.74) is 2.15. The normalized spacial score (nSPS) is 17.6. The molecule has 0 saturated carbocycles. The number of rotatable bonds is 4. The summed E-state index contributed by atoms with van der Waals surface area (Å²) in [6.45, 7) is 0. The minimum absolute atomic E-state index is 0.150. The van der Waals surface area contributed by atoms with Gasteiger partial charge < -0.3 is 9.47 Å². The van der Waals surface area contributed by atoms with Crippen molar-refractivity contribution in [2.45, 2.75) is 11.7 Å². The van der Waals surface area contributed by atoms with Gasteiger partial charge in [-0.2, -0.15) is 0 Å². The van der Waals surface area contributed by atoms with E-state index in [9.17, 15) is 4.79 Å². The molecule has 2 aromatic rings. The standard InChI is InChI=1S/C19H18O3S/c1-21-16-9-8-14(10-17(16)22-2)19-12-15(20)11-18(23-19)13-6-4-3-5-7-13/h3-10,12,18H,11H2,1-2H3. The van der Waals surface area contributed by atoms with Crippen molar-refractivity contribution in [3.63, 3.8) is 0 Å². The Balaban J connectivity index is 1.92. The second-order valence-electron chi connectivity index (χ2n) is 5.27. The molecule has 0 bridgehead atoms. The Morgan fingerprint density at radius 2 is 1.74 bits per heavy atom. The molecule has 118 valence electrons. The SMILES string of the molecule is COc1ccc(C2=CC(=O)CC(c3ccccc3)S2)cc1OC. The van der Waals surface area contributed by atoms with Crippen LogP contribution >= 0.6 is 11.8 Å². The van der Waals surface area contributed by atoms with Gasteiger partial charge >= 0.3 is 0 Å². The topological polar surface area (TPSA) is 35.5 Å². The molecule has 1 heterocycles. The molecule has 0 aliphatic carbocycles. The minimum atomic E-state index is 0.150. The average molecular weight is 326 g/mol. The zero-order valence-electron chi connectivity index (χ0n) is 13.1. The first-order chi connectivity index (χ1) is 11.2. The first-order valence-corrected chi connectivity index (χ1v) is 8.27. The van der Waals surface area contributed by atoms with Crippen molar-refractivity contribution in [3.05, 3.63) is 65.7 Å². The highest BCUT2D eigenvalue weighted by molar-refractivity contribution is 8.08. The lowest BCUT2D eigenvalue weighted by molar-refractivity contribution is -0.114. The van der Waals surface area contributed by atoms with E-state index < -0.39 is 0 Å². The second kappa shape index (κ2) is 6.92. The van der Waals surface area contributed by atoms with E-state index in [4.69, 9.17) is 9.47 Å². The highest BCUT2D eigenvalue weighted by Crippen LogP contribution is 2.46. The number of ether oxygens (including phenoxy) is 2. The summed E-state index contributed by atoms with van der Waals surface area (Å²) in [6, 6.07) is 15.9. The number of benzene rings is 2.